The molecule has 2 rings (SSSR count). The largest absolute Gasteiger partial charge is 0.260 e. The van der Waals surface area contributed by atoms with Crippen LogP contribution in [0.3, 0.4) is 0 Å². The van der Waals surface area contributed by atoms with Crippen LogP contribution in [-0.2, 0) is 6.42 Å². The van der Waals surface area contributed by atoms with Crippen molar-refractivity contribution in [3.8, 4) is 0 Å². The van der Waals surface area contributed by atoms with Gasteiger partial charge in [-0.3, -0.25) is 4.98 Å². The third-order valence-electron chi connectivity index (χ3n) is 2.03. The van der Waals surface area contributed by atoms with E-state index in [-0.39, 0.29) is 0 Å². The smallest absolute Gasteiger partial charge is 0.0516 e. The fourth-order valence-corrected chi connectivity index (χ4v) is 1.39. The summed E-state index contributed by atoms with van der Waals surface area (Å²) >= 11 is 0. The van der Waals surface area contributed by atoms with Crippen molar-refractivity contribution in [3.05, 3.63) is 47.3 Å². The lowest BCUT2D eigenvalue weighted by Gasteiger charge is -2.01. The highest BCUT2D eigenvalue weighted by Crippen LogP contribution is 2.15. The zero-order valence-corrected chi connectivity index (χ0v) is 7.12. The van der Waals surface area contributed by atoms with Gasteiger partial charge in [-0.15, -0.1) is 0 Å². The minimum Gasteiger partial charge on any atom is -0.260 e. The first-order valence-corrected chi connectivity index (χ1v) is 4.14. The van der Waals surface area contributed by atoms with Gasteiger partial charge in [0.15, 0.2) is 0 Å². The molecule has 0 N–H and O–H groups in total. The SMILES string of the molecule is CC1=CC=Cc2cccnc2C1. The Hall–Kier alpha value is -1.37. The van der Waals surface area contributed by atoms with Crippen LogP contribution in [0.15, 0.2) is 36.1 Å². The van der Waals surface area contributed by atoms with Gasteiger partial charge in [-0.2, -0.15) is 0 Å². The summed E-state index contributed by atoms with van der Waals surface area (Å²) in [5.41, 5.74) is 3.79. The molecular weight excluding hydrogens is 146 g/mol. The maximum atomic E-state index is 4.34. The summed E-state index contributed by atoms with van der Waals surface area (Å²) in [7, 11) is 0. The Morgan fingerprint density at radius 3 is 3.25 bits per heavy atom. The fraction of sp³-hybridized carbons (Fsp3) is 0.182. The van der Waals surface area contributed by atoms with Gasteiger partial charge in [-0.25, -0.2) is 0 Å². The molecular formula is C11H11N. The Bertz CT molecular complexity index is 348. The third-order valence-corrected chi connectivity index (χ3v) is 2.03. The van der Waals surface area contributed by atoms with Crippen molar-refractivity contribution in [2.24, 2.45) is 0 Å². The van der Waals surface area contributed by atoms with Crippen molar-refractivity contribution in [2.45, 2.75) is 13.3 Å². The van der Waals surface area contributed by atoms with E-state index in [0.717, 1.165) is 6.42 Å². The third kappa shape index (κ3) is 1.30. The number of hydrogen-bond acceptors (Lipinski definition) is 1. The summed E-state index contributed by atoms with van der Waals surface area (Å²) < 4.78 is 0. The maximum absolute atomic E-state index is 4.34. The lowest BCUT2D eigenvalue weighted by molar-refractivity contribution is 1.05. The first-order valence-electron chi connectivity index (χ1n) is 4.14. The van der Waals surface area contributed by atoms with Crippen LogP contribution in [0, 0.1) is 0 Å². The monoisotopic (exact) mass is 157 g/mol. The standard InChI is InChI=1S/C11H11N/c1-9-4-2-5-10-6-3-7-12-11(10)8-9/h2-7H,8H2,1H3. The number of rotatable bonds is 0. The van der Waals surface area contributed by atoms with E-state index in [9.17, 15) is 0 Å². The average molecular weight is 157 g/mol. The minimum absolute atomic E-state index is 0.975. The van der Waals surface area contributed by atoms with Crippen LogP contribution in [0.2, 0.25) is 0 Å². The summed E-state index contributed by atoms with van der Waals surface area (Å²) in [4.78, 5) is 4.34. The van der Waals surface area contributed by atoms with Crippen LogP contribution in [0.4, 0.5) is 0 Å². The minimum atomic E-state index is 0.975. The number of hydrogen-bond donors (Lipinski definition) is 0. The number of aromatic nitrogens is 1. The van der Waals surface area contributed by atoms with Crippen molar-refractivity contribution in [3.63, 3.8) is 0 Å². The van der Waals surface area contributed by atoms with E-state index in [0.29, 0.717) is 0 Å². The van der Waals surface area contributed by atoms with Crippen molar-refractivity contribution in [2.75, 3.05) is 0 Å². The first kappa shape index (κ1) is 7.29. The van der Waals surface area contributed by atoms with Crippen LogP contribution >= 0.6 is 0 Å². The van der Waals surface area contributed by atoms with Crippen LogP contribution in [0.25, 0.3) is 6.08 Å². The van der Waals surface area contributed by atoms with E-state index in [1.807, 2.05) is 12.3 Å². The Kier molecular flexibility index (Phi) is 1.78. The van der Waals surface area contributed by atoms with E-state index < -0.39 is 0 Å². The summed E-state index contributed by atoms with van der Waals surface area (Å²) in [6.45, 7) is 2.13. The van der Waals surface area contributed by atoms with Gasteiger partial charge in [0.05, 0.1) is 5.69 Å². The van der Waals surface area contributed by atoms with Gasteiger partial charge in [0.25, 0.3) is 0 Å². The molecule has 1 heterocycles. The number of nitrogens with zero attached hydrogens (tertiary/aromatic N) is 1. The molecule has 0 aromatic carbocycles. The van der Waals surface area contributed by atoms with Gasteiger partial charge in [-0.1, -0.05) is 29.9 Å². The molecule has 60 valence electrons. The van der Waals surface area contributed by atoms with E-state index in [1.54, 1.807) is 0 Å². The predicted molar refractivity (Wildman–Crippen MR) is 50.7 cm³/mol. The van der Waals surface area contributed by atoms with E-state index in [4.69, 9.17) is 0 Å². The Morgan fingerprint density at radius 2 is 2.33 bits per heavy atom. The average Bonchev–Trinajstić information content (AvgIpc) is 2.25. The molecule has 1 aliphatic rings. The molecule has 0 saturated carbocycles. The molecule has 1 aromatic rings. The second kappa shape index (κ2) is 2.94. The van der Waals surface area contributed by atoms with E-state index in [2.05, 4.69) is 36.2 Å². The molecule has 1 aliphatic carbocycles. The maximum Gasteiger partial charge on any atom is 0.0516 e. The molecule has 0 saturated heterocycles. The van der Waals surface area contributed by atoms with Crippen molar-refractivity contribution >= 4 is 6.08 Å². The molecule has 0 fully saturated rings. The zero-order valence-electron chi connectivity index (χ0n) is 7.12. The summed E-state index contributed by atoms with van der Waals surface area (Å²) in [6.07, 6.45) is 9.16. The second-order valence-corrected chi connectivity index (χ2v) is 3.09. The van der Waals surface area contributed by atoms with Crippen LogP contribution in [0.1, 0.15) is 18.2 Å². The predicted octanol–water partition coefficient (Wildman–Crippen LogP) is 2.60. The number of fused-ring (bicyclic) bond motifs is 1. The molecule has 0 unspecified atom stereocenters. The lowest BCUT2D eigenvalue weighted by Crippen LogP contribution is -1.92. The molecule has 1 nitrogen and oxygen atoms in total. The van der Waals surface area contributed by atoms with E-state index in [1.165, 1.54) is 16.8 Å². The summed E-state index contributed by atoms with van der Waals surface area (Å²) in [6, 6.07) is 4.08. The summed E-state index contributed by atoms with van der Waals surface area (Å²) in [5.74, 6) is 0. The highest BCUT2D eigenvalue weighted by molar-refractivity contribution is 5.56. The molecule has 0 spiro atoms. The highest BCUT2D eigenvalue weighted by Gasteiger charge is 2.02. The van der Waals surface area contributed by atoms with Gasteiger partial charge in [-0.05, 0) is 18.6 Å². The Balaban J connectivity index is 2.49. The Labute approximate surface area is 72.5 Å². The molecule has 0 radical (unpaired) electrons. The van der Waals surface area contributed by atoms with Crippen LogP contribution < -0.4 is 0 Å². The quantitative estimate of drug-likeness (QED) is 0.564. The number of pyridine rings is 1. The van der Waals surface area contributed by atoms with Gasteiger partial charge in [0.1, 0.15) is 0 Å². The van der Waals surface area contributed by atoms with Crippen molar-refractivity contribution < 1.29 is 0 Å². The lowest BCUT2D eigenvalue weighted by atomic mass is 10.1. The van der Waals surface area contributed by atoms with Crippen LogP contribution in [-0.4, -0.2) is 4.98 Å². The van der Waals surface area contributed by atoms with E-state index >= 15 is 0 Å². The molecule has 0 aliphatic heterocycles. The van der Waals surface area contributed by atoms with Gasteiger partial charge >= 0.3 is 0 Å². The molecule has 0 amide bonds. The molecule has 1 aromatic heterocycles. The molecule has 12 heavy (non-hydrogen) atoms. The molecule has 0 bridgehead atoms. The van der Waals surface area contributed by atoms with Crippen LogP contribution in [0.5, 0.6) is 0 Å². The first-order chi connectivity index (χ1) is 5.86. The topological polar surface area (TPSA) is 12.9 Å². The summed E-state index contributed by atoms with van der Waals surface area (Å²) in [5, 5.41) is 0. The number of allylic oxidation sites excluding steroid dienone is 3. The van der Waals surface area contributed by atoms with Gasteiger partial charge in [0, 0.05) is 12.6 Å². The second-order valence-electron chi connectivity index (χ2n) is 3.09. The zero-order chi connectivity index (χ0) is 8.39. The fourth-order valence-electron chi connectivity index (χ4n) is 1.39. The highest BCUT2D eigenvalue weighted by atomic mass is 14.7. The normalized spacial score (nSPS) is 14.9. The van der Waals surface area contributed by atoms with Crippen molar-refractivity contribution in [1.29, 1.82) is 0 Å². The van der Waals surface area contributed by atoms with Gasteiger partial charge in [0.2, 0.25) is 0 Å². The molecule has 1 heteroatoms. The Morgan fingerprint density at radius 1 is 1.42 bits per heavy atom. The van der Waals surface area contributed by atoms with Crippen molar-refractivity contribution in [1.82, 2.24) is 4.98 Å². The molecule has 0 atom stereocenters. The van der Waals surface area contributed by atoms with Gasteiger partial charge < -0.3 is 0 Å².